The molecular formula is C23H23NO5S. The summed E-state index contributed by atoms with van der Waals surface area (Å²) in [5.74, 6) is -1.62. The van der Waals surface area contributed by atoms with Crippen LogP contribution in [0.1, 0.15) is 28.5 Å². The Morgan fingerprint density at radius 1 is 0.967 bits per heavy atom. The van der Waals surface area contributed by atoms with Gasteiger partial charge in [-0.2, -0.15) is 0 Å². The molecule has 1 heterocycles. The minimum atomic E-state index is -3.32. The van der Waals surface area contributed by atoms with E-state index in [9.17, 15) is 18.0 Å². The maximum Gasteiger partial charge on any atom is 0.379 e. The molecule has 0 aliphatic heterocycles. The predicted molar refractivity (Wildman–Crippen MR) is 115 cm³/mol. The largest absolute Gasteiger partial charge is 0.460 e. The van der Waals surface area contributed by atoms with E-state index in [-0.39, 0.29) is 17.1 Å². The zero-order valence-corrected chi connectivity index (χ0v) is 18.1. The normalized spacial score (nSPS) is 11.3. The predicted octanol–water partition coefficient (Wildman–Crippen LogP) is 3.91. The molecule has 0 aliphatic carbocycles. The van der Waals surface area contributed by atoms with Crippen molar-refractivity contribution in [2.45, 2.75) is 25.7 Å². The van der Waals surface area contributed by atoms with Crippen LogP contribution in [0.3, 0.4) is 0 Å². The van der Waals surface area contributed by atoms with Crippen molar-refractivity contribution in [2.75, 3.05) is 12.9 Å². The van der Waals surface area contributed by atoms with E-state index in [1.807, 2.05) is 35.8 Å². The second-order valence-corrected chi connectivity index (χ2v) is 9.06. The quantitative estimate of drug-likeness (QED) is 0.340. The fourth-order valence-electron chi connectivity index (χ4n) is 3.26. The Bertz CT molecular complexity index is 1200. The molecule has 0 saturated carbocycles. The van der Waals surface area contributed by atoms with Gasteiger partial charge in [0.1, 0.15) is 0 Å². The molecule has 0 fully saturated rings. The van der Waals surface area contributed by atoms with E-state index in [4.69, 9.17) is 4.74 Å². The molecule has 7 heteroatoms. The average molecular weight is 426 g/mol. The summed E-state index contributed by atoms with van der Waals surface area (Å²) in [6.45, 7) is 5.50. The van der Waals surface area contributed by atoms with E-state index >= 15 is 0 Å². The minimum Gasteiger partial charge on any atom is -0.460 e. The summed E-state index contributed by atoms with van der Waals surface area (Å²) in [5.41, 5.74) is 4.14. The van der Waals surface area contributed by atoms with Crippen LogP contribution in [0.15, 0.2) is 59.5 Å². The summed E-state index contributed by atoms with van der Waals surface area (Å²) in [5, 5.41) is 0. The van der Waals surface area contributed by atoms with Gasteiger partial charge >= 0.3 is 5.97 Å². The van der Waals surface area contributed by atoms with Crippen molar-refractivity contribution < 1.29 is 22.7 Å². The van der Waals surface area contributed by atoms with Gasteiger partial charge in [0.25, 0.3) is 5.78 Å². The second-order valence-electron chi connectivity index (χ2n) is 7.05. The number of nitrogens with zero attached hydrogens (tertiary/aromatic N) is 1. The summed E-state index contributed by atoms with van der Waals surface area (Å²) in [4.78, 5) is 24.9. The highest BCUT2D eigenvalue weighted by Gasteiger charge is 2.25. The maximum absolute atomic E-state index is 12.7. The van der Waals surface area contributed by atoms with Gasteiger partial charge in [-0.05, 0) is 56.7 Å². The number of hydrogen-bond donors (Lipinski definition) is 0. The summed E-state index contributed by atoms with van der Waals surface area (Å²) in [7, 11) is -3.32. The summed E-state index contributed by atoms with van der Waals surface area (Å²) >= 11 is 0. The molecule has 1 aromatic heterocycles. The minimum absolute atomic E-state index is 0.113. The number of esters is 1. The lowest BCUT2D eigenvalue weighted by atomic mass is 10.1. The first kappa shape index (κ1) is 21.5. The van der Waals surface area contributed by atoms with Gasteiger partial charge in [0, 0.05) is 17.6 Å². The van der Waals surface area contributed by atoms with Crippen LogP contribution in [0.2, 0.25) is 0 Å². The van der Waals surface area contributed by atoms with Crippen LogP contribution >= 0.6 is 0 Å². The molecule has 0 N–H and O–H groups in total. The topological polar surface area (TPSA) is 82.4 Å². The zero-order valence-electron chi connectivity index (χ0n) is 17.3. The van der Waals surface area contributed by atoms with Crippen LogP contribution in [0.5, 0.6) is 0 Å². The third-order valence-electron chi connectivity index (χ3n) is 4.82. The van der Waals surface area contributed by atoms with Gasteiger partial charge < -0.3 is 9.30 Å². The van der Waals surface area contributed by atoms with Crippen molar-refractivity contribution >= 4 is 21.6 Å². The van der Waals surface area contributed by atoms with Crippen molar-refractivity contribution in [1.29, 1.82) is 0 Å². The molecule has 3 rings (SSSR count). The summed E-state index contributed by atoms with van der Waals surface area (Å²) in [6, 6.07) is 15.8. The molecule has 6 nitrogen and oxygen atoms in total. The van der Waals surface area contributed by atoms with Crippen LogP contribution in [0, 0.1) is 13.8 Å². The molecule has 0 amide bonds. The van der Waals surface area contributed by atoms with E-state index in [1.54, 1.807) is 32.0 Å². The van der Waals surface area contributed by atoms with Gasteiger partial charge in [0.15, 0.2) is 9.84 Å². The Morgan fingerprint density at radius 2 is 1.57 bits per heavy atom. The van der Waals surface area contributed by atoms with E-state index < -0.39 is 21.6 Å². The highest BCUT2D eigenvalue weighted by Crippen LogP contribution is 2.31. The van der Waals surface area contributed by atoms with E-state index in [1.165, 1.54) is 12.1 Å². The fourth-order valence-corrected chi connectivity index (χ4v) is 3.89. The smallest absolute Gasteiger partial charge is 0.379 e. The van der Waals surface area contributed by atoms with Crippen molar-refractivity contribution in [3.05, 3.63) is 71.4 Å². The fraction of sp³-hybridized carbons (Fsp3) is 0.217. The molecule has 0 radical (unpaired) electrons. The summed E-state index contributed by atoms with van der Waals surface area (Å²) in [6.07, 6.45) is 1.15. The van der Waals surface area contributed by atoms with Crippen LogP contribution in [-0.2, 0) is 19.4 Å². The molecule has 0 spiro atoms. The number of ether oxygens (including phenoxy) is 1. The van der Waals surface area contributed by atoms with Gasteiger partial charge in [-0.15, -0.1) is 0 Å². The molecule has 0 atom stereocenters. The van der Waals surface area contributed by atoms with E-state index in [0.29, 0.717) is 17.0 Å². The Labute approximate surface area is 176 Å². The van der Waals surface area contributed by atoms with Crippen molar-refractivity contribution in [3.63, 3.8) is 0 Å². The number of aryl methyl sites for hydroxylation is 1. The first-order chi connectivity index (χ1) is 14.1. The third kappa shape index (κ3) is 4.21. The Kier molecular flexibility index (Phi) is 5.94. The van der Waals surface area contributed by atoms with Crippen molar-refractivity contribution in [3.8, 4) is 16.9 Å². The highest BCUT2D eigenvalue weighted by atomic mass is 32.2. The number of hydrogen-bond acceptors (Lipinski definition) is 5. The number of benzene rings is 2. The number of aromatic nitrogens is 1. The maximum atomic E-state index is 12.7. The SMILES string of the molecule is CCOC(=O)C(=O)c1cc(-c2ccc(S(C)(=O)=O)cc2)n(-c2ccc(C)cc2)c1C. The summed E-state index contributed by atoms with van der Waals surface area (Å²) < 4.78 is 30.3. The molecule has 0 unspecified atom stereocenters. The number of sulfone groups is 1. The first-order valence-electron chi connectivity index (χ1n) is 9.44. The van der Waals surface area contributed by atoms with Crippen molar-refractivity contribution in [2.24, 2.45) is 0 Å². The molecule has 3 aromatic rings. The number of carbonyl (C=O) groups is 2. The number of rotatable bonds is 6. The molecule has 156 valence electrons. The lowest BCUT2D eigenvalue weighted by Gasteiger charge is -2.13. The third-order valence-corrected chi connectivity index (χ3v) is 5.95. The van der Waals surface area contributed by atoms with Gasteiger partial charge in [0.05, 0.1) is 22.8 Å². The molecule has 0 aliphatic rings. The van der Waals surface area contributed by atoms with Gasteiger partial charge in [-0.25, -0.2) is 13.2 Å². The average Bonchev–Trinajstić information content (AvgIpc) is 3.05. The first-order valence-corrected chi connectivity index (χ1v) is 11.3. The van der Waals surface area contributed by atoms with E-state index in [0.717, 1.165) is 17.5 Å². The van der Waals surface area contributed by atoms with Crippen LogP contribution in [0.4, 0.5) is 0 Å². The Hall–Kier alpha value is -3.19. The lowest BCUT2D eigenvalue weighted by molar-refractivity contribution is -0.137. The zero-order chi connectivity index (χ0) is 22.1. The Balaban J connectivity index is 2.20. The Morgan fingerprint density at radius 3 is 2.10 bits per heavy atom. The van der Waals surface area contributed by atoms with Crippen LogP contribution < -0.4 is 0 Å². The molecular weight excluding hydrogens is 402 g/mol. The lowest BCUT2D eigenvalue weighted by Crippen LogP contribution is -2.18. The highest BCUT2D eigenvalue weighted by molar-refractivity contribution is 7.90. The standard InChI is InChI=1S/C23H23NO5S/c1-5-29-23(26)22(25)20-14-21(17-8-12-19(13-9-17)30(4,27)28)24(16(20)3)18-10-6-15(2)7-11-18/h6-14H,5H2,1-4H3. The van der Waals surface area contributed by atoms with Gasteiger partial charge in [-0.3, -0.25) is 4.79 Å². The van der Waals surface area contributed by atoms with E-state index in [2.05, 4.69) is 0 Å². The number of ketones is 1. The molecule has 2 aromatic carbocycles. The second kappa shape index (κ2) is 8.28. The molecule has 0 saturated heterocycles. The monoisotopic (exact) mass is 425 g/mol. The number of Topliss-reactive ketones (excluding diaryl/α,β-unsaturated/α-hetero) is 1. The number of carbonyl (C=O) groups excluding carboxylic acids is 2. The van der Waals surface area contributed by atoms with Crippen LogP contribution in [0.25, 0.3) is 16.9 Å². The van der Waals surface area contributed by atoms with Crippen molar-refractivity contribution in [1.82, 2.24) is 4.57 Å². The van der Waals surface area contributed by atoms with Crippen LogP contribution in [-0.4, -0.2) is 37.6 Å². The molecule has 0 bridgehead atoms. The molecule has 30 heavy (non-hydrogen) atoms. The van der Waals surface area contributed by atoms with Gasteiger partial charge in [-0.1, -0.05) is 29.8 Å². The van der Waals surface area contributed by atoms with Gasteiger partial charge in [0.2, 0.25) is 0 Å².